The molecule has 0 radical (unpaired) electrons. The second-order valence-corrected chi connectivity index (χ2v) is 11.3. The summed E-state index contributed by atoms with van der Waals surface area (Å²) in [6.45, 7) is 6.73. The number of fused-ring (bicyclic) bond motifs is 1. The molecule has 1 aromatic heterocycles. The highest BCUT2D eigenvalue weighted by atomic mass is 35.5. The van der Waals surface area contributed by atoms with E-state index in [1.165, 1.54) is 0 Å². The van der Waals surface area contributed by atoms with Crippen molar-refractivity contribution in [1.82, 2.24) is 15.0 Å². The van der Waals surface area contributed by atoms with Crippen molar-refractivity contribution in [3.8, 4) is 0 Å². The molecule has 0 spiro atoms. The topological polar surface area (TPSA) is 30.7 Å². The lowest BCUT2D eigenvalue weighted by atomic mass is 10.3. The molecule has 2 rings (SSSR count). The van der Waals surface area contributed by atoms with Crippen molar-refractivity contribution in [1.29, 1.82) is 0 Å². The molecule has 17 heavy (non-hydrogen) atoms. The van der Waals surface area contributed by atoms with Gasteiger partial charge in [-0.25, -0.2) is 4.68 Å². The van der Waals surface area contributed by atoms with Gasteiger partial charge in [0.2, 0.25) is 0 Å². The number of benzene rings is 1. The predicted molar refractivity (Wildman–Crippen MR) is 75.8 cm³/mol. The summed E-state index contributed by atoms with van der Waals surface area (Å²) >= 11 is 6.34. The summed E-state index contributed by atoms with van der Waals surface area (Å²) in [5, 5.41) is 8.28. The van der Waals surface area contributed by atoms with E-state index in [0.29, 0.717) is 0 Å². The van der Waals surface area contributed by atoms with E-state index >= 15 is 0 Å². The van der Waals surface area contributed by atoms with E-state index in [4.69, 9.17) is 11.6 Å². The molecule has 0 aliphatic carbocycles. The van der Waals surface area contributed by atoms with Crippen molar-refractivity contribution in [3.05, 3.63) is 30.3 Å². The third kappa shape index (κ3) is 2.76. The van der Waals surface area contributed by atoms with Gasteiger partial charge in [-0.15, -0.1) is 16.7 Å². The number of hydrogen-bond donors (Lipinski definition) is 0. The van der Waals surface area contributed by atoms with Gasteiger partial charge in [0, 0.05) is 11.2 Å². The van der Waals surface area contributed by atoms with Crippen molar-refractivity contribution >= 4 is 36.9 Å². The Morgan fingerprint density at radius 3 is 2.71 bits per heavy atom. The second kappa shape index (κ2) is 4.62. The lowest BCUT2D eigenvalue weighted by molar-refractivity contribution is 0.860. The van der Waals surface area contributed by atoms with Gasteiger partial charge < -0.3 is 0 Å². The molecule has 0 fully saturated rings. The zero-order valence-electron chi connectivity index (χ0n) is 10.3. The molecule has 0 aliphatic rings. The van der Waals surface area contributed by atoms with Gasteiger partial charge in [-0.3, -0.25) is 0 Å². The van der Waals surface area contributed by atoms with Gasteiger partial charge in [0.05, 0.1) is 13.6 Å². The molecule has 5 heteroatoms. The second-order valence-electron chi connectivity index (χ2n) is 5.13. The number of alkyl halides is 1. The zero-order chi connectivity index (χ0) is 12.5. The highest BCUT2D eigenvalue weighted by molar-refractivity contribution is 6.84. The monoisotopic (exact) mass is 265 g/mol. The number of allylic oxidation sites excluding steroid dienone is 1. The molecule has 90 valence electrons. The van der Waals surface area contributed by atoms with Crippen molar-refractivity contribution in [2.45, 2.75) is 24.6 Å². The lowest BCUT2D eigenvalue weighted by Crippen LogP contribution is -2.32. The van der Waals surface area contributed by atoms with Gasteiger partial charge in [-0.2, -0.15) is 0 Å². The Hall–Kier alpha value is -1.13. The summed E-state index contributed by atoms with van der Waals surface area (Å²) in [4.78, 5) is 0. The highest BCUT2D eigenvalue weighted by Gasteiger charge is 2.21. The van der Waals surface area contributed by atoms with E-state index in [1.54, 1.807) is 4.68 Å². The molecule has 0 saturated carbocycles. The maximum atomic E-state index is 6.34. The number of rotatable bonds is 3. The zero-order valence-corrected chi connectivity index (χ0v) is 12.0. The Bertz CT molecular complexity index is 542. The van der Waals surface area contributed by atoms with Crippen molar-refractivity contribution in [2.75, 3.05) is 0 Å². The Labute approximate surface area is 107 Å². The van der Waals surface area contributed by atoms with Gasteiger partial charge in [0.1, 0.15) is 5.52 Å². The maximum absolute atomic E-state index is 6.34. The molecule has 2 aromatic rings. The molecular formula is C12H16ClN3Si. The van der Waals surface area contributed by atoms with Gasteiger partial charge >= 0.3 is 0 Å². The number of nitrogens with zero attached hydrogens (tertiary/aromatic N) is 3. The lowest BCUT2D eigenvalue weighted by Gasteiger charge is -2.19. The molecule has 0 amide bonds. The average Bonchev–Trinajstić information content (AvgIpc) is 2.68. The first kappa shape index (κ1) is 12.3. The van der Waals surface area contributed by atoms with Crippen LogP contribution < -0.4 is 0 Å². The Morgan fingerprint density at radius 1 is 1.29 bits per heavy atom. The largest absolute Gasteiger partial charge is 0.220 e. The molecule has 1 atom stereocenters. The SMILES string of the molecule is C[Si](C)(C)C(Cl)/C=C\n1nnc2ccccc21. The molecular weight excluding hydrogens is 250 g/mol. The molecule has 3 nitrogen and oxygen atoms in total. The number of halogens is 1. The summed E-state index contributed by atoms with van der Waals surface area (Å²) in [5.41, 5.74) is 1.90. The van der Waals surface area contributed by atoms with Crippen LogP contribution in [0, 0.1) is 0 Å². The first-order valence-electron chi connectivity index (χ1n) is 5.61. The molecule has 1 unspecified atom stereocenters. The molecule has 1 heterocycles. The average molecular weight is 266 g/mol. The van der Waals surface area contributed by atoms with Crippen LogP contribution in [0.15, 0.2) is 30.3 Å². The smallest absolute Gasteiger partial charge is 0.113 e. The summed E-state index contributed by atoms with van der Waals surface area (Å²) < 4.78 is 1.77. The quantitative estimate of drug-likeness (QED) is 0.629. The molecule has 0 saturated heterocycles. The summed E-state index contributed by atoms with van der Waals surface area (Å²) in [5.74, 6) is 0. The Balaban J connectivity index is 2.27. The van der Waals surface area contributed by atoms with Crippen molar-refractivity contribution in [2.24, 2.45) is 0 Å². The fraction of sp³-hybridized carbons (Fsp3) is 0.333. The van der Waals surface area contributed by atoms with Crippen molar-refractivity contribution < 1.29 is 0 Å². The van der Waals surface area contributed by atoms with Crippen LogP contribution in [0.25, 0.3) is 17.2 Å². The predicted octanol–water partition coefficient (Wildman–Crippen LogP) is 3.39. The van der Waals surface area contributed by atoms with E-state index in [-0.39, 0.29) is 5.00 Å². The van der Waals surface area contributed by atoms with Crippen LogP contribution in [0.3, 0.4) is 0 Å². The Morgan fingerprint density at radius 2 is 2.00 bits per heavy atom. The minimum atomic E-state index is -1.34. The summed E-state index contributed by atoms with van der Waals surface area (Å²) in [7, 11) is -1.34. The van der Waals surface area contributed by atoms with Gasteiger partial charge in [0.25, 0.3) is 0 Å². The maximum Gasteiger partial charge on any atom is 0.113 e. The van der Waals surface area contributed by atoms with Crippen LogP contribution in [-0.2, 0) is 0 Å². The molecule has 0 aliphatic heterocycles. The van der Waals surface area contributed by atoms with E-state index in [1.807, 2.05) is 36.5 Å². The first-order chi connectivity index (χ1) is 7.98. The van der Waals surface area contributed by atoms with Gasteiger partial charge in [-0.05, 0) is 12.1 Å². The number of para-hydroxylation sites is 1. The van der Waals surface area contributed by atoms with Crippen LogP contribution in [0.1, 0.15) is 0 Å². The first-order valence-corrected chi connectivity index (χ1v) is 9.62. The molecule has 0 N–H and O–H groups in total. The highest BCUT2D eigenvalue weighted by Crippen LogP contribution is 2.16. The van der Waals surface area contributed by atoms with Crippen molar-refractivity contribution in [3.63, 3.8) is 0 Å². The third-order valence-electron chi connectivity index (χ3n) is 2.60. The van der Waals surface area contributed by atoms with Crippen LogP contribution in [0.2, 0.25) is 19.6 Å². The normalized spacial score (nSPS) is 14.6. The van der Waals surface area contributed by atoms with Crippen LogP contribution in [0.4, 0.5) is 0 Å². The summed E-state index contributed by atoms with van der Waals surface area (Å²) in [6.07, 6.45) is 3.92. The molecule has 1 aromatic carbocycles. The van der Waals surface area contributed by atoms with Crippen LogP contribution in [0.5, 0.6) is 0 Å². The van der Waals surface area contributed by atoms with E-state index in [2.05, 4.69) is 30.0 Å². The van der Waals surface area contributed by atoms with E-state index in [9.17, 15) is 0 Å². The van der Waals surface area contributed by atoms with E-state index < -0.39 is 8.07 Å². The van der Waals surface area contributed by atoms with E-state index in [0.717, 1.165) is 11.0 Å². The fourth-order valence-corrected chi connectivity index (χ4v) is 2.17. The minimum Gasteiger partial charge on any atom is -0.220 e. The minimum absolute atomic E-state index is 0.102. The third-order valence-corrected chi connectivity index (χ3v) is 6.56. The van der Waals surface area contributed by atoms with Gasteiger partial charge in [0.15, 0.2) is 0 Å². The van der Waals surface area contributed by atoms with Gasteiger partial charge in [-0.1, -0.05) is 43.1 Å². The Kier molecular flexibility index (Phi) is 3.35. The molecule has 0 bridgehead atoms. The fourth-order valence-electron chi connectivity index (χ4n) is 1.44. The number of hydrogen-bond acceptors (Lipinski definition) is 2. The standard InChI is InChI=1S/C12H16ClN3Si/c1-17(2,3)12(13)8-9-16-11-7-5-4-6-10(11)14-15-16/h4-9,12H,1-3H3/b9-8-. The van der Waals surface area contributed by atoms with Crippen LogP contribution in [-0.4, -0.2) is 28.1 Å². The van der Waals surface area contributed by atoms with Crippen LogP contribution >= 0.6 is 11.6 Å². The summed E-state index contributed by atoms with van der Waals surface area (Å²) in [6, 6.07) is 7.88. The number of aromatic nitrogens is 3.